The van der Waals surface area contributed by atoms with Gasteiger partial charge in [-0.2, -0.15) is 0 Å². The summed E-state index contributed by atoms with van der Waals surface area (Å²) in [5.74, 6) is 0.943. The van der Waals surface area contributed by atoms with Crippen molar-refractivity contribution in [2.45, 2.75) is 25.4 Å². The van der Waals surface area contributed by atoms with Crippen LogP contribution in [0.2, 0.25) is 0 Å². The highest BCUT2D eigenvalue weighted by molar-refractivity contribution is 5.95. The van der Waals surface area contributed by atoms with E-state index in [4.69, 9.17) is 21.2 Å². The Kier molecular flexibility index (Phi) is 7.57. The Balaban J connectivity index is 1.67. The molecule has 176 valence electrons. The normalized spacial score (nSPS) is 12.0. The molecule has 0 fully saturated rings. The number of hydrogen-bond acceptors (Lipinski definition) is 5. The third-order valence-electron chi connectivity index (χ3n) is 5.86. The van der Waals surface area contributed by atoms with E-state index in [0.29, 0.717) is 25.5 Å². The zero-order valence-corrected chi connectivity index (χ0v) is 19.4. The van der Waals surface area contributed by atoms with Crippen molar-refractivity contribution in [1.29, 1.82) is 0 Å². The molecular formula is C27H31N5O2. The highest BCUT2D eigenvalue weighted by Gasteiger charge is 2.19. The number of carbonyl (C=O) groups is 1. The molecule has 5 N–H and O–H groups in total. The molecule has 7 heteroatoms. The first-order chi connectivity index (χ1) is 16.6. The Morgan fingerprint density at radius 1 is 1.06 bits per heavy atom. The molecule has 0 radical (unpaired) electrons. The number of rotatable bonds is 10. The minimum atomic E-state index is -0.235. The van der Waals surface area contributed by atoms with Crippen LogP contribution in [0.3, 0.4) is 0 Å². The summed E-state index contributed by atoms with van der Waals surface area (Å²) in [6.45, 7) is 1.51. The molecule has 0 bridgehead atoms. The second kappa shape index (κ2) is 11.0. The van der Waals surface area contributed by atoms with E-state index in [1.807, 2.05) is 71.3 Å². The van der Waals surface area contributed by atoms with Gasteiger partial charge in [-0.25, -0.2) is 4.98 Å². The number of nitrogens with zero attached hydrogens (tertiary/aromatic N) is 2. The molecule has 3 aromatic carbocycles. The van der Waals surface area contributed by atoms with E-state index in [0.717, 1.165) is 46.3 Å². The third kappa shape index (κ3) is 5.44. The largest absolute Gasteiger partial charge is 0.497 e. The molecule has 0 aliphatic carbocycles. The van der Waals surface area contributed by atoms with Crippen LogP contribution in [0.5, 0.6) is 5.75 Å². The lowest BCUT2D eigenvalue weighted by Crippen LogP contribution is -2.38. The van der Waals surface area contributed by atoms with Gasteiger partial charge >= 0.3 is 0 Å². The molecule has 4 rings (SSSR count). The highest BCUT2D eigenvalue weighted by atomic mass is 16.5. The summed E-state index contributed by atoms with van der Waals surface area (Å²) in [5.41, 5.74) is 16.5. The number of imidazole rings is 1. The van der Waals surface area contributed by atoms with Gasteiger partial charge in [0, 0.05) is 19.1 Å². The number of nitrogens with one attached hydrogen (secondary N) is 1. The van der Waals surface area contributed by atoms with Crippen molar-refractivity contribution in [3.05, 3.63) is 84.2 Å². The fourth-order valence-electron chi connectivity index (χ4n) is 3.98. The van der Waals surface area contributed by atoms with E-state index >= 15 is 0 Å². The molecular weight excluding hydrogens is 426 g/mol. The molecule has 1 amide bonds. The predicted octanol–water partition coefficient (Wildman–Crippen LogP) is 3.56. The zero-order valence-electron chi connectivity index (χ0n) is 19.4. The molecule has 0 aliphatic rings. The SMILES string of the molecule is COc1ccc(-c2ccc3c(c2)nc(C(=O)NC[C@@H](N)CCCN)n3Cc2ccccc2)cc1. The van der Waals surface area contributed by atoms with Gasteiger partial charge in [0.05, 0.1) is 18.1 Å². The summed E-state index contributed by atoms with van der Waals surface area (Å²) in [6, 6.07) is 23.9. The molecule has 0 saturated carbocycles. The maximum Gasteiger partial charge on any atom is 0.287 e. The van der Waals surface area contributed by atoms with E-state index in [1.165, 1.54) is 0 Å². The van der Waals surface area contributed by atoms with E-state index in [-0.39, 0.29) is 11.9 Å². The van der Waals surface area contributed by atoms with Crippen molar-refractivity contribution in [2.75, 3.05) is 20.2 Å². The molecule has 1 atom stereocenters. The quantitative estimate of drug-likeness (QED) is 0.337. The first-order valence-corrected chi connectivity index (χ1v) is 11.5. The van der Waals surface area contributed by atoms with Gasteiger partial charge < -0.3 is 26.1 Å². The van der Waals surface area contributed by atoms with Crippen molar-refractivity contribution >= 4 is 16.9 Å². The van der Waals surface area contributed by atoms with E-state index in [1.54, 1.807) is 7.11 Å². The average molecular weight is 458 g/mol. The standard InChI is InChI=1S/C27H31N5O2/c1-34-23-12-9-20(10-13-23)21-11-14-25-24(16-21)31-26(27(33)30-17-22(29)8-5-15-28)32(25)18-19-6-3-2-4-7-19/h2-4,6-7,9-14,16,22H,5,8,15,17-18,28-29H2,1H3,(H,30,33)/t22-/m0/s1. The number of carbonyl (C=O) groups excluding carboxylic acids is 1. The molecule has 0 aliphatic heterocycles. The third-order valence-corrected chi connectivity index (χ3v) is 5.86. The summed E-state index contributed by atoms with van der Waals surface area (Å²) in [6.07, 6.45) is 1.60. The number of benzene rings is 3. The number of amides is 1. The number of hydrogen-bond donors (Lipinski definition) is 3. The molecule has 0 spiro atoms. The predicted molar refractivity (Wildman–Crippen MR) is 136 cm³/mol. The van der Waals surface area contributed by atoms with Gasteiger partial charge in [0.2, 0.25) is 0 Å². The maximum atomic E-state index is 13.1. The first-order valence-electron chi connectivity index (χ1n) is 11.5. The van der Waals surface area contributed by atoms with Crippen LogP contribution in [-0.4, -0.2) is 41.7 Å². The highest BCUT2D eigenvalue weighted by Crippen LogP contribution is 2.27. The summed E-state index contributed by atoms with van der Waals surface area (Å²) in [5, 5.41) is 2.95. The summed E-state index contributed by atoms with van der Waals surface area (Å²) < 4.78 is 7.22. The molecule has 0 saturated heterocycles. The lowest BCUT2D eigenvalue weighted by atomic mass is 10.0. The fourth-order valence-corrected chi connectivity index (χ4v) is 3.98. The topological polar surface area (TPSA) is 108 Å². The maximum absolute atomic E-state index is 13.1. The van der Waals surface area contributed by atoms with Gasteiger partial charge in [-0.15, -0.1) is 0 Å². The van der Waals surface area contributed by atoms with Crippen LogP contribution in [-0.2, 0) is 6.54 Å². The Hall–Kier alpha value is -3.68. The van der Waals surface area contributed by atoms with Gasteiger partial charge in [0.1, 0.15) is 5.75 Å². The molecule has 0 unspecified atom stereocenters. The summed E-state index contributed by atoms with van der Waals surface area (Å²) >= 11 is 0. The van der Waals surface area contributed by atoms with Crippen molar-refractivity contribution in [2.24, 2.45) is 11.5 Å². The monoisotopic (exact) mass is 457 g/mol. The Bertz CT molecular complexity index is 1240. The minimum absolute atomic E-state index is 0.138. The second-order valence-electron chi connectivity index (χ2n) is 8.34. The van der Waals surface area contributed by atoms with Crippen LogP contribution in [0.4, 0.5) is 0 Å². The number of fused-ring (bicyclic) bond motifs is 1. The van der Waals surface area contributed by atoms with Gasteiger partial charge in [0.15, 0.2) is 5.82 Å². The number of ether oxygens (including phenoxy) is 1. The van der Waals surface area contributed by atoms with Crippen molar-refractivity contribution in [3.63, 3.8) is 0 Å². The zero-order chi connectivity index (χ0) is 23.9. The average Bonchev–Trinajstić information content (AvgIpc) is 3.24. The van der Waals surface area contributed by atoms with Gasteiger partial charge in [-0.1, -0.05) is 48.5 Å². The summed E-state index contributed by atoms with van der Waals surface area (Å²) in [7, 11) is 1.65. The van der Waals surface area contributed by atoms with Gasteiger partial charge in [-0.05, 0) is 60.3 Å². The minimum Gasteiger partial charge on any atom is -0.497 e. The molecule has 1 heterocycles. The molecule has 1 aromatic heterocycles. The summed E-state index contributed by atoms with van der Waals surface area (Å²) in [4.78, 5) is 17.9. The Labute approximate surface area is 199 Å². The van der Waals surface area contributed by atoms with Gasteiger partial charge in [0.25, 0.3) is 5.91 Å². The van der Waals surface area contributed by atoms with E-state index < -0.39 is 0 Å². The van der Waals surface area contributed by atoms with Crippen LogP contribution in [0.15, 0.2) is 72.8 Å². The second-order valence-corrected chi connectivity index (χ2v) is 8.34. The number of nitrogens with two attached hydrogens (primary N) is 2. The van der Waals surface area contributed by atoms with Gasteiger partial charge in [-0.3, -0.25) is 4.79 Å². The number of methoxy groups -OCH3 is 1. The lowest BCUT2D eigenvalue weighted by Gasteiger charge is -2.13. The molecule has 4 aromatic rings. The van der Waals surface area contributed by atoms with Crippen LogP contribution in [0, 0.1) is 0 Å². The van der Waals surface area contributed by atoms with Crippen LogP contribution < -0.4 is 21.5 Å². The van der Waals surface area contributed by atoms with Crippen LogP contribution in [0.25, 0.3) is 22.2 Å². The smallest absolute Gasteiger partial charge is 0.287 e. The lowest BCUT2D eigenvalue weighted by molar-refractivity contribution is 0.0937. The van der Waals surface area contributed by atoms with Crippen molar-refractivity contribution in [3.8, 4) is 16.9 Å². The van der Waals surface area contributed by atoms with E-state index in [9.17, 15) is 4.79 Å². The number of aromatic nitrogens is 2. The van der Waals surface area contributed by atoms with Crippen molar-refractivity contribution < 1.29 is 9.53 Å². The Morgan fingerprint density at radius 3 is 2.50 bits per heavy atom. The molecule has 7 nitrogen and oxygen atoms in total. The van der Waals surface area contributed by atoms with Crippen LogP contribution >= 0.6 is 0 Å². The fraction of sp³-hybridized carbons (Fsp3) is 0.259. The van der Waals surface area contributed by atoms with Crippen LogP contribution in [0.1, 0.15) is 29.0 Å². The molecule has 34 heavy (non-hydrogen) atoms. The van der Waals surface area contributed by atoms with E-state index in [2.05, 4.69) is 11.4 Å². The van der Waals surface area contributed by atoms with Crippen molar-refractivity contribution in [1.82, 2.24) is 14.9 Å². The Morgan fingerprint density at radius 2 is 1.79 bits per heavy atom. The first kappa shape index (κ1) is 23.5.